The summed E-state index contributed by atoms with van der Waals surface area (Å²) in [5, 5.41) is 2.85. The number of carbonyl (C=O) groups excluding carboxylic acids is 1. The standard InChI is InChI=1S/C19H22N2O4S/c1-15-5-2-3-6-17(15)14-20-19(22)16-7-4-8-18(13-16)26(23,24)21-9-11-25-12-10-21/h2-8,13H,9-12,14H2,1H3,(H,20,22). The average Bonchev–Trinajstić information content (AvgIpc) is 2.68. The molecule has 0 radical (unpaired) electrons. The molecule has 0 spiro atoms. The molecule has 3 rings (SSSR count). The van der Waals surface area contributed by atoms with Crippen molar-refractivity contribution < 1.29 is 17.9 Å². The number of aryl methyl sites for hydroxylation is 1. The Balaban J connectivity index is 1.74. The maximum Gasteiger partial charge on any atom is 0.251 e. The molecule has 0 atom stereocenters. The van der Waals surface area contributed by atoms with Gasteiger partial charge < -0.3 is 10.1 Å². The fraction of sp³-hybridized carbons (Fsp3) is 0.316. The number of ether oxygens (including phenoxy) is 1. The van der Waals surface area contributed by atoms with Crippen LogP contribution in [0.5, 0.6) is 0 Å². The Bertz CT molecular complexity index is 890. The molecule has 26 heavy (non-hydrogen) atoms. The van der Waals surface area contributed by atoms with Crippen LogP contribution in [0, 0.1) is 6.92 Å². The van der Waals surface area contributed by atoms with Gasteiger partial charge in [-0.3, -0.25) is 4.79 Å². The highest BCUT2D eigenvalue weighted by molar-refractivity contribution is 7.89. The molecule has 0 saturated carbocycles. The Labute approximate surface area is 153 Å². The largest absolute Gasteiger partial charge is 0.379 e. The van der Waals surface area contributed by atoms with Gasteiger partial charge in [0.2, 0.25) is 10.0 Å². The van der Waals surface area contributed by atoms with Gasteiger partial charge in [0.15, 0.2) is 0 Å². The van der Waals surface area contributed by atoms with Crippen LogP contribution in [0.3, 0.4) is 0 Å². The smallest absolute Gasteiger partial charge is 0.251 e. The van der Waals surface area contributed by atoms with Gasteiger partial charge in [0.25, 0.3) is 5.91 Å². The van der Waals surface area contributed by atoms with E-state index in [9.17, 15) is 13.2 Å². The molecule has 1 aliphatic heterocycles. The molecule has 1 aliphatic rings. The molecule has 1 amide bonds. The fourth-order valence-corrected chi connectivity index (χ4v) is 4.27. The Morgan fingerprint density at radius 1 is 1.12 bits per heavy atom. The predicted octanol–water partition coefficient (Wildman–Crippen LogP) is 1.95. The van der Waals surface area contributed by atoms with Gasteiger partial charge >= 0.3 is 0 Å². The SMILES string of the molecule is Cc1ccccc1CNC(=O)c1cccc(S(=O)(=O)N2CCOCC2)c1. The Morgan fingerprint density at radius 3 is 2.58 bits per heavy atom. The number of hydrogen-bond donors (Lipinski definition) is 1. The molecule has 1 N–H and O–H groups in total. The normalized spacial score (nSPS) is 15.6. The lowest BCUT2D eigenvalue weighted by atomic mass is 10.1. The number of hydrogen-bond acceptors (Lipinski definition) is 4. The van der Waals surface area contributed by atoms with Crippen molar-refractivity contribution in [1.82, 2.24) is 9.62 Å². The lowest BCUT2D eigenvalue weighted by Gasteiger charge is -2.26. The van der Waals surface area contributed by atoms with Gasteiger partial charge in [-0.15, -0.1) is 0 Å². The van der Waals surface area contributed by atoms with Crippen molar-refractivity contribution >= 4 is 15.9 Å². The predicted molar refractivity (Wildman–Crippen MR) is 98.4 cm³/mol. The first kappa shape index (κ1) is 18.6. The van der Waals surface area contributed by atoms with Gasteiger partial charge in [0.05, 0.1) is 18.1 Å². The number of nitrogens with one attached hydrogen (secondary N) is 1. The van der Waals surface area contributed by atoms with Gasteiger partial charge in [-0.2, -0.15) is 4.31 Å². The maximum atomic E-state index is 12.7. The minimum absolute atomic E-state index is 0.128. The number of benzene rings is 2. The van der Waals surface area contributed by atoms with E-state index in [0.717, 1.165) is 11.1 Å². The summed E-state index contributed by atoms with van der Waals surface area (Å²) in [7, 11) is -3.62. The summed E-state index contributed by atoms with van der Waals surface area (Å²) >= 11 is 0. The molecule has 1 fully saturated rings. The van der Waals surface area contributed by atoms with Crippen LogP contribution in [0.25, 0.3) is 0 Å². The van der Waals surface area contributed by atoms with Gasteiger partial charge in [-0.1, -0.05) is 30.3 Å². The molecule has 0 aliphatic carbocycles. The van der Waals surface area contributed by atoms with Crippen molar-refractivity contribution in [2.75, 3.05) is 26.3 Å². The second-order valence-corrected chi connectivity index (χ2v) is 8.09. The number of carbonyl (C=O) groups is 1. The third kappa shape index (κ3) is 4.12. The molecule has 138 valence electrons. The van der Waals surface area contributed by atoms with Crippen molar-refractivity contribution in [3.8, 4) is 0 Å². The summed E-state index contributed by atoms with van der Waals surface area (Å²) in [6.07, 6.45) is 0. The molecule has 7 heteroatoms. The summed E-state index contributed by atoms with van der Waals surface area (Å²) in [6, 6.07) is 14.0. The third-order valence-corrected chi connectivity index (χ3v) is 6.30. The summed E-state index contributed by atoms with van der Waals surface area (Å²) in [6.45, 7) is 3.80. The second kappa shape index (κ2) is 7.99. The van der Waals surface area contributed by atoms with E-state index >= 15 is 0 Å². The maximum absolute atomic E-state index is 12.7. The molecule has 0 bridgehead atoms. The van der Waals surface area contributed by atoms with E-state index in [1.807, 2.05) is 31.2 Å². The lowest BCUT2D eigenvalue weighted by Crippen LogP contribution is -2.40. The average molecular weight is 374 g/mol. The quantitative estimate of drug-likeness (QED) is 0.868. The van der Waals surface area contributed by atoms with E-state index in [1.54, 1.807) is 12.1 Å². The zero-order chi connectivity index (χ0) is 18.6. The first-order valence-electron chi connectivity index (χ1n) is 8.49. The lowest BCUT2D eigenvalue weighted by molar-refractivity contribution is 0.0730. The van der Waals surface area contributed by atoms with Crippen LogP contribution in [0.15, 0.2) is 53.4 Å². The van der Waals surface area contributed by atoms with E-state index < -0.39 is 10.0 Å². The molecule has 0 unspecified atom stereocenters. The van der Waals surface area contributed by atoms with Crippen molar-refractivity contribution in [3.05, 3.63) is 65.2 Å². The molecule has 6 nitrogen and oxygen atoms in total. The number of nitrogens with zero attached hydrogens (tertiary/aromatic N) is 1. The van der Waals surface area contributed by atoms with Gasteiger partial charge in [-0.05, 0) is 36.2 Å². The Hall–Kier alpha value is -2.22. The second-order valence-electron chi connectivity index (χ2n) is 6.15. The van der Waals surface area contributed by atoms with Crippen LogP contribution in [-0.4, -0.2) is 44.9 Å². The van der Waals surface area contributed by atoms with Crippen LogP contribution in [0.4, 0.5) is 0 Å². The van der Waals surface area contributed by atoms with E-state index in [-0.39, 0.29) is 10.8 Å². The molecule has 1 heterocycles. The fourth-order valence-electron chi connectivity index (χ4n) is 2.82. The third-order valence-electron chi connectivity index (χ3n) is 4.40. The minimum atomic E-state index is -3.62. The topological polar surface area (TPSA) is 75.7 Å². The summed E-state index contributed by atoms with van der Waals surface area (Å²) in [5.74, 6) is -0.299. The van der Waals surface area contributed by atoms with Crippen LogP contribution in [0.1, 0.15) is 21.5 Å². The molecule has 0 aromatic heterocycles. The Morgan fingerprint density at radius 2 is 1.85 bits per heavy atom. The minimum Gasteiger partial charge on any atom is -0.379 e. The van der Waals surface area contributed by atoms with Crippen molar-refractivity contribution in [2.24, 2.45) is 0 Å². The molecular weight excluding hydrogens is 352 g/mol. The van der Waals surface area contributed by atoms with E-state index in [0.29, 0.717) is 38.4 Å². The number of sulfonamides is 1. The first-order chi connectivity index (χ1) is 12.5. The highest BCUT2D eigenvalue weighted by Crippen LogP contribution is 2.18. The summed E-state index contributed by atoms with van der Waals surface area (Å²) in [4.78, 5) is 12.6. The number of amides is 1. The van der Waals surface area contributed by atoms with Crippen LogP contribution >= 0.6 is 0 Å². The van der Waals surface area contributed by atoms with Crippen LogP contribution in [0.2, 0.25) is 0 Å². The van der Waals surface area contributed by atoms with Gasteiger partial charge in [0.1, 0.15) is 0 Å². The summed E-state index contributed by atoms with van der Waals surface area (Å²) in [5.41, 5.74) is 2.45. The van der Waals surface area contributed by atoms with Crippen molar-refractivity contribution in [3.63, 3.8) is 0 Å². The van der Waals surface area contributed by atoms with E-state index in [4.69, 9.17) is 4.74 Å². The first-order valence-corrected chi connectivity index (χ1v) is 9.93. The molecule has 2 aromatic rings. The van der Waals surface area contributed by atoms with Gasteiger partial charge in [-0.25, -0.2) is 8.42 Å². The monoisotopic (exact) mass is 374 g/mol. The molecular formula is C19H22N2O4S. The van der Waals surface area contributed by atoms with Gasteiger partial charge in [0, 0.05) is 25.2 Å². The van der Waals surface area contributed by atoms with Crippen molar-refractivity contribution in [1.29, 1.82) is 0 Å². The number of rotatable bonds is 5. The summed E-state index contributed by atoms with van der Waals surface area (Å²) < 4.78 is 32.0. The van der Waals surface area contributed by atoms with Crippen LogP contribution < -0.4 is 5.32 Å². The highest BCUT2D eigenvalue weighted by atomic mass is 32.2. The van der Waals surface area contributed by atoms with Crippen molar-refractivity contribution in [2.45, 2.75) is 18.4 Å². The molecule has 2 aromatic carbocycles. The van der Waals surface area contributed by atoms with E-state index in [2.05, 4.69) is 5.32 Å². The zero-order valence-electron chi connectivity index (χ0n) is 14.6. The van der Waals surface area contributed by atoms with E-state index in [1.165, 1.54) is 16.4 Å². The molecule has 1 saturated heterocycles. The highest BCUT2D eigenvalue weighted by Gasteiger charge is 2.26. The zero-order valence-corrected chi connectivity index (χ0v) is 15.5. The Kier molecular flexibility index (Phi) is 5.70. The number of morpholine rings is 1. The van der Waals surface area contributed by atoms with Crippen LogP contribution in [-0.2, 0) is 21.3 Å².